The maximum Gasteiger partial charge on any atom is 0.119 e. The predicted octanol–water partition coefficient (Wildman–Crippen LogP) is 16.0. The molecule has 310 valence electrons. The fourth-order valence-electron chi connectivity index (χ4n) is 11.1. The van der Waals surface area contributed by atoms with E-state index in [1.54, 1.807) is 16.7 Å². The van der Waals surface area contributed by atoms with Crippen LogP contribution in [-0.2, 0) is 29.1 Å². The number of fused-ring (bicyclic) bond motifs is 3. The molecule has 0 bridgehead atoms. The number of aryl methyl sites for hydroxylation is 1. The highest BCUT2D eigenvalue weighted by Crippen LogP contribution is 2.58. The molecular weight excluding hydrogens is 713 g/mol. The smallest absolute Gasteiger partial charge is 0.119 e. The molecule has 0 spiro atoms. The number of rotatable bonds is 12. The Hall–Kier alpha value is -4.10. The van der Waals surface area contributed by atoms with Gasteiger partial charge >= 0.3 is 0 Å². The zero-order valence-electron chi connectivity index (χ0n) is 37.9. The zero-order chi connectivity index (χ0) is 41.4. The van der Waals surface area contributed by atoms with Crippen LogP contribution in [0.3, 0.4) is 0 Å². The molecule has 0 aliphatic heterocycles. The molecule has 0 saturated heterocycles. The average molecular weight is 785 g/mol. The molecule has 59 heavy (non-hydrogen) atoms. The molecule has 8 rings (SSSR count). The lowest BCUT2D eigenvalue weighted by molar-refractivity contribution is 0.317. The van der Waals surface area contributed by atoms with Crippen molar-refractivity contribution in [1.82, 2.24) is 0 Å². The van der Waals surface area contributed by atoms with Gasteiger partial charge in [0.25, 0.3) is 0 Å². The first-order valence-electron chi connectivity index (χ1n) is 23.7. The summed E-state index contributed by atoms with van der Waals surface area (Å²) in [6.45, 7) is 19.6. The topological polar surface area (TPSA) is 9.23 Å². The van der Waals surface area contributed by atoms with Gasteiger partial charge in [-0.2, -0.15) is 0 Å². The third kappa shape index (κ3) is 8.22. The van der Waals surface area contributed by atoms with Crippen molar-refractivity contribution in [3.05, 3.63) is 147 Å². The van der Waals surface area contributed by atoms with Gasteiger partial charge in [-0.15, -0.1) is 0 Å². The number of benzene rings is 5. The van der Waals surface area contributed by atoms with Crippen molar-refractivity contribution in [1.29, 1.82) is 0 Å². The molecule has 1 nitrogen and oxygen atoms in total. The van der Waals surface area contributed by atoms with Crippen LogP contribution in [0.25, 0.3) is 22.3 Å². The van der Waals surface area contributed by atoms with E-state index in [4.69, 9.17) is 4.74 Å². The Morgan fingerprint density at radius 1 is 0.576 bits per heavy atom. The molecule has 2 fully saturated rings. The van der Waals surface area contributed by atoms with E-state index < -0.39 is 5.41 Å². The lowest BCUT2D eigenvalue weighted by Gasteiger charge is -2.35. The van der Waals surface area contributed by atoms with Gasteiger partial charge in [-0.1, -0.05) is 197 Å². The highest BCUT2D eigenvalue weighted by atomic mass is 16.5. The molecule has 3 aliphatic rings. The highest BCUT2D eigenvalue weighted by Gasteiger charge is 2.47. The SMILES string of the molecule is CCCOc1ccc(C2(c3ccc(C)cc3)c3cc(-c4cc(CC5CCCCC5)c(C(C)(C)CC)cc4CC4CCCCC4)ccc3-c3ccc(C(C)(C)C)cc32)cc1. The van der Waals surface area contributed by atoms with Crippen molar-refractivity contribution in [2.24, 2.45) is 11.8 Å². The maximum atomic E-state index is 6.19. The first-order valence-corrected chi connectivity index (χ1v) is 23.7. The summed E-state index contributed by atoms with van der Waals surface area (Å²) in [7, 11) is 0. The number of hydrogen-bond acceptors (Lipinski definition) is 1. The molecule has 0 heterocycles. The molecule has 5 aromatic rings. The third-order valence-electron chi connectivity index (χ3n) is 15.0. The van der Waals surface area contributed by atoms with Crippen molar-refractivity contribution >= 4 is 0 Å². The number of hydrogen-bond donors (Lipinski definition) is 0. The van der Waals surface area contributed by atoms with Gasteiger partial charge in [0.1, 0.15) is 5.75 Å². The van der Waals surface area contributed by atoms with Crippen molar-refractivity contribution in [3.8, 4) is 28.0 Å². The van der Waals surface area contributed by atoms with E-state index in [2.05, 4.69) is 152 Å². The molecule has 0 radical (unpaired) electrons. The monoisotopic (exact) mass is 785 g/mol. The predicted molar refractivity (Wildman–Crippen MR) is 252 cm³/mol. The Morgan fingerprint density at radius 3 is 1.71 bits per heavy atom. The average Bonchev–Trinajstić information content (AvgIpc) is 3.54. The summed E-state index contributed by atoms with van der Waals surface area (Å²) in [4.78, 5) is 0. The normalized spacial score (nSPS) is 18.8. The van der Waals surface area contributed by atoms with Gasteiger partial charge in [-0.25, -0.2) is 0 Å². The van der Waals surface area contributed by atoms with E-state index in [9.17, 15) is 0 Å². The van der Waals surface area contributed by atoms with E-state index in [1.165, 1.54) is 133 Å². The molecule has 2 saturated carbocycles. The molecule has 1 unspecified atom stereocenters. The summed E-state index contributed by atoms with van der Waals surface area (Å²) in [5.74, 6) is 2.49. The van der Waals surface area contributed by atoms with Gasteiger partial charge < -0.3 is 4.74 Å². The Kier molecular flexibility index (Phi) is 12.1. The van der Waals surface area contributed by atoms with Gasteiger partial charge in [-0.3, -0.25) is 0 Å². The van der Waals surface area contributed by atoms with Crippen LogP contribution in [0.15, 0.2) is 97.1 Å². The van der Waals surface area contributed by atoms with Crippen LogP contribution in [-0.4, -0.2) is 6.61 Å². The third-order valence-corrected chi connectivity index (χ3v) is 15.0. The van der Waals surface area contributed by atoms with E-state index in [-0.39, 0.29) is 10.8 Å². The molecular formula is C58H72O. The van der Waals surface area contributed by atoms with Crippen molar-refractivity contribution < 1.29 is 4.74 Å². The Labute approximate surface area is 358 Å². The Bertz CT molecular complexity index is 2220. The first-order chi connectivity index (χ1) is 28.4. The van der Waals surface area contributed by atoms with Crippen molar-refractivity contribution in [2.75, 3.05) is 6.61 Å². The van der Waals surface area contributed by atoms with Gasteiger partial charge in [0, 0.05) is 0 Å². The molecule has 3 aliphatic carbocycles. The minimum Gasteiger partial charge on any atom is -0.494 e. The van der Waals surface area contributed by atoms with Crippen molar-refractivity contribution in [2.45, 2.75) is 162 Å². The quantitative estimate of drug-likeness (QED) is 0.120. The summed E-state index contributed by atoms with van der Waals surface area (Å²) >= 11 is 0. The maximum absolute atomic E-state index is 6.19. The van der Waals surface area contributed by atoms with Crippen molar-refractivity contribution in [3.63, 3.8) is 0 Å². The summed E-state index contributed by atoms with van der Waals surface area (Å²) in [6, 6.07) is 39.0. The Balaban J connectivity index is 1.39. The van der Waals surface area contributed by atoms with Crippen LogP contribution in [0, 0.1) is 18.8 Å². The lowest BCUT2D eigenvalue weighted by Crippen LogP contribution is -2.29. The zero-order valence-corrected chi connectivity index (χ0v) is 37.9. The largest absolute Gasteiger partial charge is 0.494 e. The van der Waals surface area contributed by atoms with Crippen LogP contribution in [0.4, 0.5) is 0 Å². The van der Waals surface area contributed by atoms with E-state index >= 15 is 0 Å². The molecule has 0 amide bonds. The van der Waals surface area contributed by atoms with Crippen LogP contribution in [0.5, 0.6) is 5.75 Å². The van der Waals surface area contributed by atoms with Crippen LogP contribution in [0.1, 0.15) is 176 Å². The summed E-state index contributed by atoms with van der Waals surface area (Å²) in [5, 5.41) is 0. The molecule has 0 N–H and O–H groups in total. The summed E-state index contributed by atoms with van der Waals surface area (Å²) in [5.41, 5.74) is 18.1. The van der Waals surface area contributed by atoms with Gasteiger partial charge in [0.2, 0.25) is 0 Å². The van der Waals surface area contributed by atoms with Gasteiger partial charge in [0.05, 0.1) is 12.0 Å². The first kappa shape index (κ1) is 41.6. The second-order valence-electron chi connectivity index (χ2n) is 20.6. The van der Waals surface area contributed by atoms with Gasteiger partial charge in [0.15, 0.2) is 0 Å². The Morgan fingerprint density at radius 2 is 1.14 bits per heavy atom. The molecule has 5 aromatic carbocycles. The van der Waals surface area contributed by atoms with E-state index in [0.29, 0.717) is 0 Å². The van der Waals surface area contributed by atoms with E-state index in [0.717, 1.165) is 37.0 Å². The fourth-order valence-corrected chi connectivity index (χ4v) is 11.1. The summed E-state index contributed by atoms with van der Waals surface area (Å²) in [6.07, 6.45) is 18.3. The molecule has 0 aromatic heterocycles. The van der Waals surface area contributed by atoms with Crippen LogP contribution in [0.2, 0.25) is 0 Å². The second-order valence-corrected chi connectivity index (χ2v) is 20.6. The standard InChI is InChI=1S/C58H72O/c1-9-33-59-49-29-26-47(27-30-49)58(46-24-21-40(3)22-25-46)54-37-43(23-31-50(54)51-32-28-48(39-55(51)58)56(4,5)6)52-36-45(35-42-19-15-12-16-20-42)53(57(7,8)10-2)38-44(52)34-41-17-13-11-14-18-41/h21-32,36-39,41-42H,9-20,33-35H2,1-8H3. The van der Waals surface area contributed by atoms with Gasteiger partial charge in [-0.05, 0) is 140 Å². The minimum atomic E-state index is -0.489. The second kappa shape index (κ2) is 17.1. The highest BCUT2D eigenvalue weighted by molar-refractivity contribution is 5.89. The summed E-state index contributed by atoms with van der Waals surface area (Å²) < 4.78 is 6.19. The van der Waals surface area contributed by atoms with Crippen LogP contribution >= 0.6 is 0 Å². The van der Waals surface area contributed by atoms with E-state index in [1.807, 2.05) is 0 Å². The number of ether oxygens (including phenoxy) is 1. The lowest BCUT2D eigenvalue weighted by atomic mass is 9.66. The fraction of sp³-hybridized carbons (Fsp3) is 0.483. The molecule has 1 atom stereocenters. The molecule has 1 heteroatoms. The van der Waals surface area contributed by atoms with Crippen LogP contribution < -0.4 is 4.74 Å². The minimum absolute atomic E-state index is 0.0165.